The second kappa shape index (κ2) is 8.56. The Balaban J connectivity index is 2.68. The number of ether oxygens (including phenoxy) is 1. The molecule has 1 rings (SSSR count). The maximum absolute atomic E-state index is 12.2. The smallest absolute Gasteiger partial charge is 0.311 e. The summed E-state index contributed by atoms with van der Waals surface area (Å²) in [6.45, 7) is 5.79. The van der Waals surface area contributed by atoms with Crippen LogP contribution < -0.4 is 10.1 Å². The highest BCUT2D eigenvalue weighted by Crippen LogP contribution is 2.29. The molecular formula is C18H27NO4. The van der Waals surface area contributed by atoms with Gasteiger partial charge in [0.2, 0.25) is 5.91 Å². The minimum atomic E-state index is -0.886. The molecule has 5 nitrogen and oxygen atoms in total. The maximum Gasteiger partial charge on any atom is 0.311 e. The molecule has 1 atom stereocenters. The first-order valence-corrected chi connectivity index (χ1v) is 8.03. The molecule has 128 valence electrons. The number of carboxylic acid groups (broad SMARTS) is 1. The van der Waals surface area contributed by atoms with Crippen LogP contribution in [-0.4, -0.2) is 30.6 Å². The van der Waals surface area contributed by atoms with Gasteiger partial charge < -0.3 is 15.2 Å². The lowest BCUT2D eigenvalue weighted by Gasteiger charge is -2.27. The third kappa shape index (κ3) is 4.71. The van der Waals surface area contributed by atoms with E-state index in [9.17, 15) is 14.7 Å². The molecule has 0 saturated carbocycles. The van der Waals surface area contributed by atoms with Crippen LogP contribution in [0.5, 0.6) is 5.75 Å². The molecule has 23 heavy (non-hydrogen) atoms. The maximum atomic E-state index is 12.2. The van der Waals surface area contributed by atoms with Crippen LogP contribution >= 0.6 is 0 Å². The zero-order chi connectivity index (χ0) is 17.5. The topological polar surface area (TPSA) is 75.6 Å². The van der Waals surface area contributed by atoms with E-state index in [4.69, 9.17) is 4.74 Å². The van der Waals surface area contributed by atoms with Crippen LogP contribution in [0, 0.1) is 5.41 Å². The van der Waals surface area contributed by atoms with Gasteiger partial charge in [0.25, 0.3) is 0 Å². The fourth-order valence-corrected chi connectivity index (χ4v) is 2.68. The summed E-state index contributed by atoms with van der Waals surface area (Å²) in [5.74, 6) is -0.250. The zero-order valence-corrected chi connectivity index (χ0v) is 14.4. The van der Waals surface area contributed by atoms with Crippen molar-refractivity contribution < 1.29 is 19.4 Å². The second-order valence-electron chi connectivity index (χ2n) is 5.92. The van der Waals surface area contributed by atoms with Crippen molar-refractivity contribution in [2.24, 2.45) is 5.41 Å². The van der Waals surface area contributed by atoms with Crippen molar-refractivity contribution in [3.05, 3.63) is 29.8 Å². The van der Waals surface area contributed by atoms with Crippen LogP contribution in [0.2, 0.25) is 0 Å². The minimum Gasteiger partial charge on any atom is -0.496 e. The number of rotatable bonds is 9. The molecule has 0 aliphatic heterocycles. The number of benzene rings is 1. The van der Waals surface area contributed by atoms with E-state index < -0.39 is 11.4 Å². The van der Waals surface area contributed by atoms with E-state index in [0.717, 1.165) is 11.3 Å². The van der Waals surface area contributed by atoms with E-state index in [1.807, 2.05) is 45.0 Å². The first-order valence-electron chi connectivity index (χ1n) is 8.03. The van der Waals surface area contributed by atoms with Crippen LogP contribution in [0.3, 0.4) is 0 Å². The average Bonchev–Trinajstić information content (AvgIpc) is 2.55. The number of para-hydroxylation sites is 1. The van der Waals surface area contributed by atoms with Crippen LogP contribution in [0.15, 0.2) is 24.3 Å². The van der Waals surface area contributed by atoms with Gasteiger partial charge in [-0.1, -0.05) is 39.0 Å². The normalized spacial score (nSPS) is 12.5. The van der Waals surface area contributed by atoms with Crippen LogP contribution in [0.25, 0.3) is 0 Å². The quantitative estimate of drug-likeness (QED) is 0.732. The third-order valence-corrected chi connectivity index (χ3v) is 4.59. The number of methoxy groups -OCH3 is 1. The van der Waals surface area contributed by atoms with Gasteiger partial charge in [-0.15, -0.1) is 0 Å². The fraction of sp³-hybridized carbons (Fsp3) is 0.556. The van der Waals surface area contributed by atoms with E-state index in [0.29, 0.717) is 19.3 Å². The zero-order valence-electron chi connectivity index (χ0n) is 14.4. The molecule has 2 N–H and O–H groups in total. The van der Waals surface area contributed by atoms with Gasteiger partial charge in [-0.2, -0.15) is 0 Å². The summed E-state index contributed by atoms with van der Waals surface area (Å²) in [7, 11) is 1.61. The number of hydrogen-bond donors (Lipinski definition) is 2. The van der Waals surface area contributed by atoms with Gasteiger partial charge in [0.1, 0.15) is 5.75 Å². The van der Waals surface area contributed by atoms with Crippen molar-refractivity contribution >= 4 is 11.9 Å². The van der Waals surface area contributed by atoms with Crippen molar-refractivity contribution in [3.63, 3.8) is 0 Å². The third-order valence-electron chi connectivity index (χ3n) is 4.59. The number of carboxylic acids is 1. The van der Waals surface area contributed by atoms with Gasteiger partial charge in [0.15, 0.2) is 0 Å². The monoisotopic (exact) mass is 321 g/mol. The number of amides is 1. The SMILES string of the molecule is CCC(CC)(CNC(=O)CC(C)c1ccccc1OC)C(=O)O. The number of nitrogens with one attached hydrogen (secondary N) is 1. The summed E-state index contributed by atoms with van der Waals surface area (Å²) in [6, 6.07) is 7.61. The van der Waals surface area contributed by atoms with Crippen molar-refractivity contribution in [2.75, 3.05) is 13.7 Å². The molecule has 0 aliphatic carbocycles. The largest absolute Gasteiger partial charge is 0.496 e. The Morgan fingerprint density at radius 1 is 1.26 bits per heavy atom. The van der Waals surface area contributed by atoms with Crippen LogP contribution in [-0.2, 0) is 9.59 Å². The number of carbonyl (C=O) groups excluding carboxylic acids is 1. The van der Waals surface area contributed by atoms with Gasteiger partial charge in [-0.05, 0) is 30.4 Å². The first-order chi connectivity index (χ1) is 10.9. The molecule has 0 bridgehead atoms. The highest BCUT2D eigenvalue weighted by molar-refractivity contribution is 5.79. The number of hydrogen-bond acceptors (Lipinski definition) is 3. The average molecular weight is 321 g/mol. The Labute approximate surface area is 138 Å². The van der Waals surface area contributed by atoms with Gasteiger partial charge in [0.05, 0.1) is 12.5 Å². The van der Waals surface area contributed by atoms with E-state index in [1.54, 1.807) is 7.11 Å². The standard InChI is InChI=1S/C18H27NO4/c1-5-18(6-2,17(21)22)12-19-16(20)11-13(3)14-9-7-8-10-15(14)23-4/h7-10,13H,5-6,11-12H2,1-4H3,(H,19,20)(H,21,22). The molecule has 0 fully saturated rings. The summed E-state index contributed by atoms with van der Waals surface area (Å²) in [5, 5.41) is 12.2. The Bertz CT molecular complexity index is 538. The Kier molecular flexibility index (Phi) is 7.07. The first kappa shape index (κ1) is 19.0. The summed E-state index contributed by atoms with van der Waals surface area (Å²) < 4.78 is 5.32. The van der Waals surface area contributed by atoms with E-state index in [2.05, 4.69) is 5.32 Å². The Morgan fingerprint density at radius 2 is 1.87 bits per heavy atom. The highest BCUT2D eigenvalue weighted by atomic mass is 16.5. The highest BCUT2D eigenvalue weighted by Gasteiger charge is 2.35. The predicted octanol–water partition coefficient (Wildman–Crippen LogP) is 3.20. The molecule has 1 amide bonds. The van der Waals surface area contributed by atoms with Crippen LogP contribution in [0.1, 0.15) is 51.5 Å². The molecule has 5 heteroatoms. The lowest BCUT2D eigenvalue weighted by atomic mass is 9.82. The number of carbonyl (C=O) groups is 2. The van der Waals surface area contributed by atoms with Crippen molar-refractivity contribution in [1.82, 2.24) is 5.32 Å². The second-order valence-corrected chi connectivity index (χ2v) is 5.92. The molecule has 0 aromatic heterocycles. The molecule has 0 aliphatic rings. The minimum absolute atomic E-state index is 0.00590. The molecular weight excluding hydrogens is 294 g/mol. The molecule has 1 aromatic carbocycles. The van der Waals surface area contributed by atoms with E-state index in [1.165, 1.54) is 0 Å². The van der Waals surface area contributed by atoms with E-state index in [-0.39, 0.29) is 18.4 Å². The summed E-state index contributed by atoms with van der Waals surface area (Å²) in [5.41, 5.74) is 0.0872. The molecule has 0 spiro atoms. The van der Waals surface area contributed by atoms with Crippen molar-refractivity contribution in [3.8, 4) is 5.75 Å². The van der Waals surface area contributed by atoms with Gasteiger partial charge in [0, 0.05) is 13.0 Å². The van der Waals surface area contributed by atoms with Gasteiger partial charge in [-0.3, -0.25) is 9.59 Å². The lowest BCUT2D eigenvalue weighted by molar-refractivity contribution is -0.149. The Hall–Kier alpha value is -2.04. The lowest BCUT2D eigenvalue weighted by Crippen LogP contribution is -2.42. The molecule has 1 unspecified atom stereocenters. The van der Waals surface area contributed by atoms with Crippen LogP contribution in [0.4, 0.5) is 0 Å². The van der Waals surface area contributed by atoms with Crippen molar-refractivity contribution in [2.45, 2.75) is 46.0 Å². The van der Waals surface area contributed by atoms with Crippen molar-refractivity contribution in [1.29, 1.82) is 0 Å². The molecule has 1 aromatic rings. The number of aliphatic carboxylic acids is 1. The summed E-state index contributed by atoms with van der Waals surface area (Å²) >= 11 is 0. The Morgan fingerprint density at radius 3 is 2.39 bits per heavy atom. The summed E-state index contributed by atoms with van der Waals surface area (Å²) in [4.78, 5) is 23.6. The van der Waals surface area contributed by atoms with Gasteiger partial charge in [-0.25, -0.2) is 0 Å². The predicted molar refractivity (Wildman–Crippen MR) is 89.7 cm³/mol. The molecule has 0 heterocycles. The summed E-state index contributed by atoms with van der Waals surface area (Å²) in [6.07, 6.45) is 1.27. The van der Waals surface area contributed by atoms with E-state index >= 15 is 0 Å². The fourth-order valence-electron chi connectivity index (χ4n) is 2.68. The van der Waals surface area contributed by atoms with Gasteiger partial charge >= 0.3 is 5.97 Å². The molecule has 0 saturated heterocycles. The molecule has 0 radical (unpaired) electrons.